The molecule has 4 nitrogen and oxygen atoms in total. The zero-order valence-electron chi connectivity index (χ0n) is 11.9. The largest absolute Gasteiger partial charge is 0.384 e. The van der Waals surface area contributed by atoms with E-state index in [9.17, 15) is 4.79 Å². The Morgan fingerprint density at radius 1 is 1.10 bits per heavy atom. The van der Waals surface area contributed by atoms with E-state index in [1.165, 1.54) is 0 Å². The van der Waals surface area contributed by atoms with E-state index in [2.05, 4.69) is 22.2 Å². The second kappa shape index (κ2) is 5.79. The number of H-pyrrole nitrogens is 1. The minimum Gasteiger partial charge on any atom is -0.384 e. The molecule has 0 amide bonds. The van der Waals surface area contributed by atoms with Crippen molar-refractivity contribution < 1.29 is 0 Å². The number of nitrogens with zero attached hydrogens (tertiary/aromatic N) is 1. The number of fused-ring (bicyclic) bond motifs is 1. The Balaban J connectivity index is 2.14. The van der Waals surface area contributed by atoms with Crippen LogP contribution in [0.5, 0.6) is 0 Å². The maximum absolute atomic E-state index is 12.2. The predicted molar refractivity (Wildman–Crippen MR) is 86.6 cm³/mol. The number of aromatic amines is 1. The van der Waals surface area contributed by atoms with Crippen LogP contribution in [0.1, 0.15) is 13.3 Å². The van der Waals surface area contributed by atoms with Gasteiger partial charge in [0.25, 0.3) is 5.56 Å². The Bertz CT molecular complexity index is 823. The minimum atomic E-state index is -0.110. The lowest BCUT2D eigenvalue weighted by Crippen LogP contribution is -2.10. The summed E-state index contributed by atoms with van der Waals surface area (Å²) in [5.41, 5.74) is 2.49. The zero-order valence-corrected chi connectivity index (χ0v) is 11.9. The van der Waals surface area contributed by atoms with E-state index >= 15 is 0 Å². The lowest BCUT2D eigenvalue weighted by Gasteiger charge is -2.11. The van der Waals surface area contributed by atoms with Gasteiger partial charge in [-0.2, -0.15) is 0 Å². The maximum atomic E-state index is 12.2. The van der Waals surface area contributed by atoms with Gasteiger partial charge in [-0.25, -0.2) is 4.98 Å². The number of rotatable bonds is 4. The van der Waals surface area contributed by atoms with E-state index < -0.39 is 0 Å². The Kier molecular flexibility index (Phi) is 3.69. The molecule has 1 aromatic heterocycles. The summed E-state index contributed by atoms with van der Waals surface area (Å²) in [6, 6.07) is 15.3. The van der Waals surface area contributed by atoms with Crippen LogP contribution in [0.4, 0.5) is 5.69 Å². The van der Waals surface area contributed by atoms with E-state index in [4.69, 9.17) is 0 Å². The number of nitrogens with one attached hydrogen (secondary N) is 2. The van der Waals surface area contributed by atoms with Crippen molar-refractivity contribution in [2.24, 2.45) is 0 Å². The molecule has 2 aromatic carbocycles. The summed E-state index contributed by atoms with van der Waals surface area (Å²) in [6.45, 7) is 3.00. The molecular weight excluding hydrogens is 262 g/mol. The van der Waals surface area contributed by atoms with Crippen LogP contribution in [0.3, 0.4) is 0 Å². The van der Waals surface area contributed by atoms with Crippen molar-refractivity contribution in [3.63, 3.8) is 0 Å². The summed E-state index contributed by atoms with van der Waals surface area (Å²) >= 11 is 0. The molecule has 1 heterocycles. The van der Waals surface area contributed by atoms with Crippen molar-refractivity contribution in [2.75, 3.05) is 11.9 Å². The average molecular weight is 279 g/mol. The molecule has 0 saturated heterocycles. The van der Waals surface area contributed by atoms with Gasteiger partial charge in [0.1, 0.15) is 5.82 Å². The van der Waals surface area contributed by atoms with Crippen LogP contribution in [-0.2, 0) is 0 Å². The lowest BCUT2D eigenvalue weighted by molar-refractivity contribution is 0.979. The number of hydrogen-bond donors (Lipinski definition) is 2. The Morgan fingerprint density at radius 3 is 2.71 bits per heavy atom. The first-order chi connectivity index (χ1) is 10.3. The lowest BCUT2D eigenvalue weighted by atomic mass is 10.1. The number of anilines is 1. The highest BCUT2D eigenvalue weighted by molar-refractivity contribution is 5.81. The van der Waals surface area contributed by atoms with Crippen molar-refractivity contribution in [1.29, 1.82) is 0 Å². The van der Waals surface area contributed by atoms with Gasteiger partial charge < -0.3 is 10.3 Å². The van der Waals surface area contributed by atoms with Gasteiger partial charge in [0.15, 0.2) is 0 Å². The molecule has 0 atom stereocenters. The van der Waals surface area contributed by atoms with Crippen molar-refractivity contribution in [3.8, 4) is 11.4 Å². The van der Waals surface area contributed by atoms with Crippen LogP contribution in [0.25, 0.3) is 22.3 Å². The highest BCUT2D eigenvalue weighted by Gasteiger charge is 2.09. The number of benzene rings is 2. The molecule has 3 aromatic rings. The molecule has 0 aliphatic rings. The van der Waals surface area contributed by atoms with Gasteiger partial charge in [-0.05, 0) is 30.7 Å². The van der Waals surface area contributed by atoms with Crippen LogP contribution in [0.2, 0.25) is 0 Å². The number of para-hydroxylation sites is 2. The highest BCUT2D eigenvalue weighted by Crippen LogP contribution is 2.25. The molecule has 0 saturated carbocycles. The van der Waals surface area contributed by atoms with Gasteiger partial charge in [-0.15, -0.1) is 0 Å². The fourth-order valence-electron chi connectivity index (χ4n) is 2.32. The fraction of sp³-hybridized carbons (Fsp3) is 0.176. The van der Waals surface area contributed by atoms with Crippen molar-refractivity contribution in [1.82, 2.24) is 9.97 Å². The first-order valence-electron chi connectivity index (χ1n) is 7.12. The second-order valence-electron chi connectivity index (χ2n) is 4.90. The Hall–Kier alpha value is -2.62. The number of hydrogen-bond acceptors (Lipinski definition) is 3. The van der Waals surface area contributed by atoms with Crippen LogP contribution in [0, 0.1) is 0 Å². The van der Waals surface area contributed by atoms with E-state index in [0.29, 0.717) is 16.7 Å². The van der Waals surface area contributed by atoms with Crippen LogP contribution < -0.4 is 10.9 Å². The summed E-state index contributed by atoms with van der Waals surface area (Å²) in [4.78, 5) is 19.6. The summed E-state index contributed by atoms with van der Waals surface area (Å²) in [7, 11) is 0. The zero-order chi connectivity index (χ0) is 14.7. The van der Waals surface area contributed by atoms with Crippen LogP contribution in [-0.4, -0.2) is 16.5 Å². The van der Waals surface area contributed by atoms with Gasteiger partial charge >= 0.3 is 0 Å². The molecule has 3 rings (SSSR count). The van der Waals surface area contributed by atoms with E-state index in [0.717, 1.165) is 24.2 Å². The molecule has 0 bridgehead atoms. The van der Waals surface area contributed by atoms with Crippen molar-refractivity contribution in [3.05, 3.63) is 58.9 Å². The molecule has 0 fully saturated rings. The molecule has 0 radical (unpaired) electrons. The highest BCUT2D eigenvalue weighted by atomic mass is 16.1. The van der Waals surface area contributed by atoms with Crippen LogP contribution >= 0.6 is 0 Å². The standard InChI is InChI=1S/C17H17N3O/c1-2-11-18-14-9-5-3-7-12(14)16-19-15-10-6-4-8-13(15)17(21)20-16/h3-10,18H,2,11H2,1H3,(H,19,20,21). The van der Waals surface area contributed by atoms with Gasteiger partial charge in [-0.1, -0.05) is 31.2 Å². The van der Waals surface area contributed by atoms with Crippen LogP contribution in [0.15, 0.2) is 53.3 Å². The summed E-state index contributed by atoms with van der Waals surface area (Å²) in [5.74, 6) is 0.595. The van der Waals surface area contributed by atoms with E-state index in [1.54, 1.807) is 6.07 Å². The quantitative estimate of drug-likeness (QED) is 0.769. The molecule has 2 N–H and O–H groups in total. The van der Waals surface area contributed by atoms with Gasteiger partial charge in [0.2, 0.25) is 0 Å². The molecule has 21 heavy (non-hydrogen) atoms. The number of aromatic nitrogens is 2. The normalized spacial score (nSPS) is 10.7. The topological polar surface area (TPSA) is 57.8 Å². The third kappa shape index (κ3) is 2.65. The molecule has 0 unspecified atom stereocenters. The fourth-order valence-corrected chi connectivity index (χ4v) is 2.32. The third-order valence-electron chi connectivity index (χ3n) is 3.36. The molecule has 0 aliphatic heterocycles. The molecular formula is C17H17N3O. The first kappa shape index (κ1) is 13.4. The predicted octanol–water partition coefficient (Wildman–Crippen LogP) is 3.41. The van der Waals surface area contributed by atoms with Gasteiger partial charge in [0, 0.05) is 17.8 Å². The van der Waals surface area contributed by atoms with E-state index in [1.807, 2.05) is 42.5 Å². The Morgan fingerprint density at radius 2 is 1.86 bits per heavy atom. The smallest absolute Gasteiger partial charge is 0.259 e. The summed E-state index contributed by atoms with van der Waals surface area (Å²) < 4.78 is 0. The molecule has 4 heteroatoms. The minimum absolute atomic E-state index is 0.110. The monoisotopic (exact) mass is 279 g/mol. The molecule has 0 aliphatic carbocycles. The maximum Gasteiger partial charge on any atom is 0.259 e. The summed E-state index contributed by atoms with van der Waals surface area (Å²) in [6.07, 6.45) is 1.04. The molecule has 0 spiro atoms. The molecule has 106 valence electrons. The Labute approximate surface area is 122 Å². The average Bonchev–Trinajstić information content (AvgIpc) is 2.53. The van der Waals surface area contributed by atoms with Crippen molar-refractivity contribution >= 4 is 16.6 Å². The van der Waals surface area contributed by atoms with Gasteiger partial charge in [0.05, 0.1) is 10.9 Å². The first-order valence-corrected chi connectivity index (χ1v) is 7.12. The van der Waals surface area contributed by atoms with Gasteiger partial charge in [-0.3, -0.25) is 4.79 Å². The SMILES string of the molecule is CCCNc1ccccc1-c1nc2ccccc2c(=O)[nH]1. The van der Waals surface area contributed by atoms with E-state index in [-0.39, 0.29) is 5.56 Å². The third-order valence-corrected chi connectivity index (χ3v) is 3.36. The second-order valence-corrected chi connectivity index (χ2v) is 4.90. The summed E-state index contributed by atoms with van der Waals surface area (Å²) in [5, 5.41) is 3.98. The van der Waals surface area contributed by atoms with Crippen molar-refractivity contribution in [2.45, 2.75) is 13.3 Å².